The lowest BCUT2D eigenvalue weighted by atomic mass is 10.1. The fourth-order valence-corrected chi connectivity index (χ4v) is 3.97. The first-order chi connectivity index (χ1) is 10.3. The summed E-state index contributed by atoms with van der Waals surface area (Å²) in [5, 5.41) is 1.83. The molecular formula is C16H10N2OS2. The topological polar surface area (TPSA) is 42.3 Å². The monoisotopic (exact) mass is 310 g/mol. The number of amides is 1. The quantitative estimate of drug-likeness (QED) is 0.719. The lowest BCUT2D eigenvalue weighted by molar-refractivity contribution is -0.115. The lowest BCUT2D eigenvalue weighted by Crippen LogP contribution is -1.91. The van der Waals surface area contributed by atoms with Gasteiger partial charge in [0.1, 0.15) is 10.1 Å². The maximum Gasteiger partial charge on any atom is 0.257 e. The van der Waals surface area contributed by atoms with Gasteiger partial charge in [-0.25, -0.2) is 9.98 Å². The maximum absolute atomic E-state index is 11.2. The number of rotatable bonds is 2. The van der Waals surface area contributed by atoms with E-state index in [0.717, 1.165) is 26.7 Å². The second-order valence-corrected chi connectivity index (χ2v) is 6.66. The zero-order chi connectivity index (χ0) is 14.2. The van der Waals surface area contributed by atoms with Gasteiger partial charge in [0.25, 0.3) is 5.91 Å². The Labute approximate surface area is 129 Å². The predicted molar refractivity (Wildman–Crippen MR) is 89.1 cm³/mol. The first-order valence-corrected chi connectivity index (χ1v) is 8.30. The van der Waals surface area contributed by atoms with E-state index in [1.54, 1.807) is 11.3 Å². The largest absolute Gasteiger partial charge is 0.272 e. The minimum atomic E-state index is -0.0507. The molecule has 2 heterocycles. The number of aliphatic imine (C=N–C) groups is 1. The molecule has 0 spiro atoms. The molecule has 0 fully saturated rings. The molecule has 3 aromatic rings. The molecule has 0 unspecified atom stereocenters. The Balaban J connectivity index is 1.70. The summed E-state index contributed by atoms with van der Waals surface area (Å²) in [6, 6.07) is 16.2. The summed E-state index contributed by atoms with van der Waals surface area (Å²) in [5.41, 5.74) is 3.12. The van der Waals surface area contributed by atoms with E-state index in [1.807, 2.05) is 42.5 Å². The second kappa shape index (κ2) is 5.09. The van der Waals surface area contributed by atoms with Crippen molar-refractivity contribution in [1.29, 1.82) is 0 Å². The van der Waals surface area contributed by atoms with Gasteiger partial charge >= 0.3 is 0 Å². The summed E-state index contributed by atoms with van der Waals surface area (Å²) >= 11 is 3.18. The van der Waals surface area contributed by atoms with Crippen LogP contribution in [0.2, 0.25) is 0 Å². The Bertz CT molecular complexity index is 832. The second-order valence-electron chi connectivity index (χ2n) is 4.66. The SMILES string of the molecule is O=C1CSC(c2ccc(-c3nc4ccccc4s3)cc2)=N1. The summed E-state index contributed by atoms with van der Waals surface area (Å²) in [6.07, 6.45) is 0. The van der Waals surface area contributed by atoms with Gasteiger partial charge in [0.15, 0.2) is 0 Å². The molecule has 0 bridgehead atoms. The highest BCUT2D eigenvalue weighted by Crippen LogP contribution is 2.30. The number of carbonyl (C=O) groups is 1. The van der Waals surface area contributed by atoms with Gasteiger partial charge in [-0.3, -0.25) is 4.79 Å². The van der Waals surface area contributed by atoms with Crippen molar-refractivity contribution in [2.45, 2.75) is 0 Å². The number of nitrogens with zero attached hydrogens (tertiary/aromatic N) is 2. The van der Waals surface area contributed by atoms with Gasteiger partial charge in [-0.15, -0.1) is 11.3 Å². The summed E-state index contributed by atoms with van der Waals surface area (Å²) in [4.78, 5) is 19.9. The van der Waals surface area contributed by atoms with Crippen LogP contribution in [0.3, 0.4) is 0 Å². The smallest absolute Gasteiger partial charge is 0.257 e. The van der Waals surface area contributed by atoms with Crippen LogP contribution in [-0.2, 0) is 4.79 Å². The number of benzene rings is 2. The zero-order valence-corrected chi connectivity index (χ0v) is 12.6. The third kappa shape index (κ3) is 2.39. The molecule has 3 nitrogen and oxygen atoms in total. The van der Waals surface area contributed by atoms with E-state index in [4.69, 9.17) is 0 Å². The van der Waals surface area contributed by atoms with Crippen molar-refractivity contribution >= 4 is 44.3 Å². The standard InChI is InChI=1S/C16H10N2OS2/c19-14-9-20-15(18-14)10-5-7-11(8-6-10)16-17-12-3-1-2-4-13(12)21-16/h1-8H,9H2. The van der Waals surface area contributed by atoms with Crippen LogP contribution in [0.15, 0.2) is 53.5 Å². The van der Waals surface area contributed by atoms with Crippen LogP contribution in [-0.4, -0.2) is 21.7 Å². The van der Waals surface area contributed by atoms with E-state index in [-0.39, 0.29) is 5.91 Å². The predicted octanol–water partition coefficient (Wildman–Crippen LogP) is 3.98. The fourth-order valence-electron chi connectivity index (χ4n) is 2.21. The molecule has 1 aromatic heterocycles. The molecule has 1 aliphatic heterocycles. The van der Waals surface area contributed by atoms with Gasteiger partial charge < -0.3 is 0 Å². The van der Waals surface area contributed by atoms with E-state index >= 15 is 0 Å². The third-order valence-corrected chi connectivity index (χ3v) is 5.31. The van der Waals surface area contributed by atoms with Crippen LogP contribution >= 0.6 is 23.1 Å². The molecule has 1 aliphatic rings. The summed E-state index contributed by atoms with van der Waals surface area (Å²) in [6.45, 7) is 0. The van der Waals surface area contributed by atoms with Crippen molar-refractivity contribution in [3.63, 3.8) is 0 Å². The van der Waals surface area contributed by atoms with E-state index in [9.17, 15) is 4.79 Å². The summed E-state index contributed by atoms with van der Waals surface area (Å²) in [5.74, 6) is 0.403. The van der Waals surface area contributed by atoms with Crippen molar-refractivity contribution in [2.24, 2.45) is 4.99 Å². The van der Waals surface area contributed by atoms with Crippen LogP contribution < -0.4 is 0 Å². The molecule has 0 radical (unpaired) electrons. The van der Waals surface area contributed by atoms with Crippen LogP contribution in [0.25, 0.3) is 20.8 Å². The summed E-state index contributed by atoms with van der Waals surface area (Å²) in [7, 11) is 0. The summed E-state index contributed by atoms with van der Waals surface area (Å²) < 4.78 is 1.19. The van der Waals surface area contributed by atoms with E-state index < -0.39 is 0 Å². The normalized spacial score (nSPS) is 14.7. The number of thiazole rings is 1. The molecular weight excluding hydrogens is 300 g/mol. The first kappa shape index (κ1) is 12.7. The number of hydrogen-bond donors (Lipinski definition) is 0. The van der Waals surface area contributed by atoms with Crippen molar-refractivity contribution in [3.05, 3.63) is 54.1 Å². The lowest BCUT2D eigenvalue weighted by Gasteiger charge is -2.00. The van der Waals surface area contributed by atoms with Crippen LogP contribution in [0.1, 0.15) is 5.56 Å². The minimum Gasteiger partial charge on any atom is -0.272 e. The van der Waals surface area contributed by atoms with Crippen LogP contribution in [0, 0.1) is 0 Å². The van der Waals surface area contributed by atoms with Gasteiger partial charge in [0.2, 0.25) is 0 Å². The molecule has 2 aromatic carbocycles. The molecule has 1 amide bonds. The van der Waals surface area contributed by atoms with Gasteiger partial charge in [-0.2, -0.15) is 0 Å². The Morgan fingerprint density at radius 3 is 2.43 bits per heavy atom. The molecule has 5 heteroatoms. The van der Waals surface area contributed by atoms with Crippen molar-refractivity contribution in [3.8, 4) is 10.6 Å². The minimum absolute atomic E-state index is 0.0507. The number of carbonyl (C=O) groups excluding carboxylic acids is 1. The van der Waals surface area contributed by atoms with E-state index in [1.165, 1.54) is 16.5 Å². The van der Waals surface area contributed by atoms with Gasteiger partial charge in [-0.1, -0.05) is 48.2 Å². The number of hydrogen-bond acceptors (Lipinski definition) is 4. The molecule has 0 saturated carbocycles. The number of aromatic nitrogens is 1. The van der Waals surface area contributed by atoms with Gasteiger partial charge in [-0.05, 0) is 12.1 Å². The Morgan fingerprint density at radius 2 is 1.71 bits per heavy atom. The average Bonchev–Trinajstić information content (AvgIpc) is 3.13. The highest BCUT2D eigenvalue weighted by molar-refractivity contribution is 8.15. The van der Waals surface area contributed by atoms with Crippen LogP contribution in [0.5, 0.6) is 0 Å². The van der Waals surface area contributed by atoms with Gasteiger partial charge in [0.05, 0.1) is 16.0 Å². The molecule has 0 N–H and O–H groups in total. The molecule has 4 rings (SSSR count). The van der Waals surface area contributed by atoms with Crippen molar-refractivity contribution in [2.75, 3.05) is 5.75 Å². The third-order valence-electron chi connectivity index (χ3n) is 3.23. The highest BCUT2D eigenvalue weighted by atomic mass is 32.2. The molecule has 0 saturated heterocycles. The molecule has 0 aliphatic carbocycles. The van der Waals surface area contributed by atoms with Gasteiger partial charge in [0, 0.05) is 11.1 Å². The Kier molecular flexibility index (Phi) is 3.09. The number of thioether (sulfide) groups is 1. The molecule has 0 atom stereocenters. The van der Waals surface area contributed by atoms with Crippen molar-refractivity contribution < 1.29 is 4.79 Å². The Morgan fingerprint density at radius 1 is 0.952 bits per heavy atom. The Hall–Kier alpha value is -1.98. The average molecular weight is 310 g/mol. The first-order valence-electron chi connectivity index (χ1n) is 6.50. The van der Waals surface area contributed by atoms with Crippen LogP contribution in [0.4, 0.5) is 0 Å². The molecule has 102 valence electrons. The number of fused-ring (bicyclic) bond motifs is 1. The fraction of sp³-hybridized carbons (Fsp3) is 0.0625. The maximum atomic E-state index is 11.2. The van der Waals surface area contributed by atoms with E-state index in [2.05, 4.69) is 16.0 Å². The molecule has 21 heavy (non-hydrogen) atoms. The van der Waals surface area contributed by atoms with E-state index in [0.29, 0.717) is 5.75 Å². The number of para-hydroxylation sites is 1. The van der Waals surface area contributed by atoms with Crippen molar-refractivity contribution in [1.82, 2.24) is 4.98 Å². The highest BCUT2D eigenvalue weighted by Gasteiger charge is 2.16. The zero-order valence-electron chi connectivity index (χ0n) is 10.9.